The van der Waals surface area contributed by atoms with Crippen molar-refractivity contribution < 1.29 is 16.8 Å². The van der Waals surface area contributed by atoms with Gasteiger partial charge in [-0.1, -0.05) is 54.7 Å². The van der Waals surface area contributed by atoms with E-state index in [4.69, 9.17) is 23.2 Å². The molecule has 0 fully saturated rings. The molecule has 0 radical (unpaired) electrons. The highest BCUT2D eigenvalue weighted by atomic mass is 35.5. The zero-order valence-electron chi connectivity index (χ0n) is 18.8. The van der Waals surface area contributed by atoms with Crippen molar-refractivity contribution in [1.82, 2.24) is 0 Å². The van der Waals surface area contributed by atoms with Gasteiger partial charge >= 0.3 is 0 Å². The third kappa shape index (κ3) is 5.31. The Hall–Kier alpha value is -2.64. The van der Waals surface area contributed by atoms with E-state index in [1.54, 1.807) is 66.7 Å². The lowest BCUT2D eigenvalue weighted by molar-refractivity contribution is 0.594. The Morgan fingerprint density at radius 2 is 0.971 bits per heavy atom. The molecule has 0 saturated heterocycles. The van der Waals surface area contributed by atoms with Crippen LogP contribution in [0.15, 0.2) is 111 Å². The molecule has 0 aliphatic carbocycles. The number of rotatable bonds is 7. The molecule has 0 atom stereocenters. The van der Waals surface area contributed by atoms with Crippen molar-refractivity contribution in [3.8, 4) is 11.1 Å². The summed E-state index contributed by atoms with van der Waals surface area (Å²) in [6.07, 6.45) is 1.49. The monoisotopic (exact) mass is 544 g/mol. The van der Waals surface area contributed by atoms with Crippen LogP contribution in [-0.4, -0.2) is 16.8 Å². The fourth-order valence-electron chi connectivity index (χ4n) is 3.81. The highest BCUT2D eigenvalue weighted by Crippen LogP contribution is 2.32. The first-order chi connectivity index (χ1) is 16.6. The van der Waals surface area contributed by atoms with Gasteiger partial charge in [0, 0.05) is 10.0 Å². The summed E-state index contributed by atoms with van der Waals surface area (Å²) in [5.41, 5.74) is 2.53. The first-order valence-electron chi connectivity index (χ1n) is 10.9. The average Bonchev–Trinajstić information content (AvgIpc) is 2.85. The Balaban J connectivity index is 1.71. The largest absolute Gasteiger partial charge is 0.219 e. The zero-order chi connectivity index (χ0) is 25.2. The van der Waals surface area contributed by atoms with E-state index in [2.05, 4.69) is 0 Å². The van der Waals surface area contributed by atoms with E-state index in [1.807, 2.05) is 6.92 Å². The van der Waals surface area contributed by atoms with E-state index in [0.717, 1.165) is 23.1 Å². The van der Waals surface area contributed by atoms with Crippen molar-refractivity contribution in [2.75, 3.05) is 0 Å². The van der Waals surface area contributed by atoms with Crippen LogP contribution in [0.3, 0.4) is 0 Å². The van der Waals surface area contributed by atoms with Crippen molar-refractivity contribution in [3.05, 3.63) is 107 Å². The molecule has 4 aromatic carbocycles. The van der Waals surface area contributed by atoms with E-state index in [-0.39, 0.29) is 19.6 Å². The van der Waals surface area contributed by atoms with Crippen LogP contribution in [0.1, 0.15) is 18.9 Å². The Morgan fingerprint density at radius 3 is 1.43 bits per heavy atom. The van der Waals surface area contributed by atoms with Crippen molar-refractivity contribution in [1.29, 1.82) is 0 Å². The van der Waals surface area contributed by atoms with Crippen LogP contribution in [0.4, 0.5) is 0 Å². The van der Waals surface area contributed by atoms with Gasteiger partial charge in [-0.3, -0.25) is 0 Å². The SMILES string of the molecule is CCCc1cc(S(=O)(=O)c2ccc(Cl)cc2)ccc1-c1ccc(S(=O)(=O)c2ccc(Cl)cc2)cc1. The standard InChI is InChI=1S/C27H22Cl2O4S2/c1-2-3-20-18-26(35(32,33)25-14-8-22(29)9-15-25)16-17-27(20)19-4-10-23(11-5-19)34(30,31)24-12-6-21(28)7-13-24/h4-18H,2-3H2,1H3. The smallest absolute Gasteiger partial charge is 0.206 e. The average molecular weight is 546 g/mol. The van der Waals surface area contributed by atoms with Gasteiger partial charge < -0.3 is 0 Å². The van der Waals surface area contributed by atoms with E-state index in [1.165, 1.54) is 24.3 Å². The summed E-state index contributed by atoms with van der Waals surface area (Å²) >= 11 is 11.8. The second kappa shape index (κ2) is 10.2. The molecular formula is C27H22Cl2O4S2. The van der Waals surface area contributed by atoms with Crippen LogP contribution in [0.25, 0.3) is 11.1 Å². The second-order valence-electron chi connectivity index (χ2n) is 8.01. The van der Waals surface area contributed by atoms with Crippen molar-refractivity contribution in [3.63, 3.8) is 0 Å². The molecule has 8 heteroatoms. The molecule has 0 unspecified atom stereocenters. The summed E-state index contributed by atoms with van der Waals surface area (Å²) in [7, 11) is -7.38. The molecule has 4 aromatic rings. The van der Waals surface area contributed by atoms with Crippen LogP contribution in [0, 0.1) is 0 Å². The molecule has 0 spiro atoms. The summed E-state index contributed by atoms with van der Waals surface area (Å²) in [5.74, 6) is 0. The van der Waals surface area contributed by atoms with E-state index < -0.39 is 19.7 Å². The quantitative estimate of drug-likeness (QED) is 0.245. The van der Waals surface area contributed by atoms with Gasteiger partial charge in [0.2, 0.25) is 19.7 Å². The number of aryl methyl sites for hydroxylation is 1. The molecular weight excluding hydrogens is 523 g/mol. The molecule has 0 saturated carbocycles. The maximum atomic E-state index is 13.1. The molecule has 0 aliphatic heterocycles. The van der Waals surface area contributed by atoms with Gasteiger partial charge in [-0.05, 0) is 95.9 Å². The maximum absolute atomic E-state index is 13.1. The lowest BCUT2D eigenvalue weighted by atomic mass is 9.97. The van der Waals surface area contributed by atoms with Crippen LogP contribution < -0.4 is 0 Å². The Labute approximate surface area is 216 Å². The first-order valence-corrected chi connectivity index (χ1v) is 14.6. The lowest BCUT2D eigenvalue weighted by Crippen LogP contribution is -2.04. The minimum atomic E-state index is -3.70. The van der Waals surface area contributed by atoms with Crippen LogP contribution in [0.2, 0.25) is 10.0 Å². The van der Waals surface area contributed by atoms with Gasteiger partial charge in [0.1, 0.15) is 0 Å². The van der Waals surface area contributed by atoms with Crippen LogP contribution >= 0.6 is 23.2 Å². The van der Waals surface area contributed by atoms with E-state index in [9.17, 15) is 16.8 Å². The van der Waals surface area contributed by atoms with Gasteiger partial charge in [-0.25, -0.2) is 16.8 Å². The fourth-order valence-corrected chi connectivity index (χ4v) is 6.63. The summed E-state index contributed by atoms with van der Waals surface area (Å²) in [4.78, 5) is 0.712. The predicted molar refractivity (Wildman–Crippen MR) is 140 cm³/mol. The van der Waals surface area contributed by atoms with Gasteiger partial charge in [-0.2, -0.15) is 0 Å². The summed E-state index contributed by atoms with van der Waals surface area (Å²) in [6, 6.07) is 23.8. The summed E-state index contributed by atoms with van der Waals surface area (Å²) in [6.45, 7) is 2.02. The normalized spacial score (nSPS) is 12.0. The van der Waals surface area contributed by atoms with Crippen molar-refractivity contribution in [2.45, 2.75) is 39.3 Å². The number of hydrogen-bond acceptors (Lipinski definition) is 4. The molecule has 0 amide bonds. The maximum Gasteiger partial charge on any atom is 0.206 e. The molecule has 0 N–H and O–H groups in total. The zero-order valence-corrected chi connectivity index (χ0v) is 21.9. The molecule has 180 valence electrons. The molecule has 4 nitrogen and oxygen atoms in total. The van der Waals surface area contributed by atoms with Crippen molar-refractivity contribution in [2.24, 2.45) is 0 Å². The molecule has 0 aromatic heterocycles. The van der Waals surface area contributed by atoms with Crippen LogP contribution in [-0.2, 0) is 26.1 Å². The third-order valence-corrected chi connectivity index (χ3v) is 9.69. The number of benzene rings is 4. The molecule has 0 heterocycles. The minimum absolute atomic E-state index is 0.165. The van der Waals surface area contributed by atoms with Crippen molar-refractivity contribution >= 4 is 42.9 Å². The summed E-state index contributed by atoms with van der Waals surface area (Å²) in [5, 5.41) is 0.928. The van der Waals surface area contributed by atoms with Gasteiger partial charge in [0.25, 0.3) is 0 Å². The Kier molecular flexibility index (Phi) is 7.38. The highest BCUT2D eigenvalue weighted by molar-refractivity contribution is 7.91. The topological polar surface area (TPSA) is 68.3 Å². The predicted octanol–water partition coefficient (Wildman–Crippen LogP) is 7.28. The summed E-state index contributed by atoms with van der Waals surface area (Å²) < 4.78 is 52.2. The van der Waals surface area contributed by atoms with E-state index >= 15 is 0 Å². The molecule has 0 aliphatic rings. The number of hydrogen-bond donors (Lipinski definition) is 0. The molecule has 4 rings (SSSR count). The lowest BCUT2D eigenvalue weighted by Gasteiger charge is -2.13. The Bertz CT molecular complexity index is 1560. The first kappa shape index (κ1) is 25.5. The molecule has 35 heavy (non-hydrogen) atoms. The van der Waals surface area contributed by atoms with Crippen LogP contribution in [0.5, 0.6) is 0 Å². The minimum Gasteiger partial charge on any atom is -0.219 e. The van der Waals surface area contributed by atoms with Gasteiger partial charge in [0.15, 0.2) is 0 Å². The second-order valence-corrected chi connectivity index (χ2v) is 12.8. The van der Waals surface area contributed by atoms with E-state index in [0.29, 0.717) is 16.5 Å². The van der Waals surface area contributed by atoms with Gasteiger partial charge in [0.05, 0.1) is 19.6 Å². The highest BCUT2D eigenvalue weighted by Gasteiger charge is 2.21. The Morgan fingerprint density at radius 1 is 0.571 bits per heavy atom. The number of halogens is 2. The molecule has 0 bridgehead atoms. The fraction of sp³-hybridized carbons (Fsp3) is 0.111. The van der Waals surface area contributed by atoms with Gasteiger partial charge in [-0.15, -0.1) is 0 Å². The number of sulfone groups is 2. The third-order valence-electron chi connectivity index (χ3n) is 5.63.